The van der Waals surface area contributed by atoms with E-state index in [1.165, 1.54) is 0 Å². The molecule has 0 heterocycles. The summed E-state index contributed by atoms with van der Waals surface area (Å²) in [7, 11) is 0. The van der Waals surface area contributed by atoms with Crippen molar-refractivity contribution < 1.29 is 15.3 Å². The van der Waals surface area contributed by atoms with Crippen LogP contribution in [0.15, 0.2) is 0 Å². The van der Waals surface area contributed by atoms with Crippen molar-refractivity contribution >= 4 is 11.8 Å². The summed E-state index contributed by atoms with van der Waals surface area (Å²) >= 11 is 0. The van der Waals surface area contributed by atoms with Crippen LogP contribution in [-0.2, 0) is 9.59 Å². The Balaban J connectivity index is 4.14. The molecule has 5 heteroatoms. The minimum atomic E-state index is -0.629. The Morgan fingerprint density at radius 2 is 1.93 bits per heavy atom. The van der Waals surface area contributed by atoms with Gasteiger partial charge in [-0.15, -0.1) is 0 Å². The standard InChI is InChI=1S/C9H19N3O2/c1-4-5(2)7(10)9(14)12-6(3)8(11)13/h5-7H,4,10H2,1-3H3,(H2,11,13)(H,12,14)/p+1/t5-,6+,7+/m1/s1. The number of primary amides is 1. The number of carbonyl (C=O) groups excluding carboxylic acids is 2. The smallest absolute Gasteiger partial charge is 0.279 e. The average molecular weight is 202 g/mol. The van der Waals surface area contributed by atoms with Crippen LogP contribution in [0.1, 0.15) is 27.2 Å². The van der Waals surface area contributed by atoms with Gasteiger partial charge in [-0.25, -0.2) is 0 Å². The summed E-state index contributed by atoms with van der Waals surface area (Å²) in [6.07, 6.45) is 0.881. The lowest BCUT2D eigenvalue weighted by Gasteiger charge is -2.16. The normalized spacial score (nSPS) is 16.9. The first kappa shape index (κ1) is 12.9. The van der Waals surface area contributed by atoms with Gasteiger partial charge in [-0.05, 0) is 13.3 Å². The Morgan fingerprint density at radius 1 is 1.43 bits per heavy atom. The van der Waals surface area contributed by atoms with Crippen LogP contribution in [0, 0.1) is 5.92 Å². The molecule has 0 bridgehead atoms. The fraction of sp³-hybridized carbons (Fsp3) is 0.778. The average Bonchev–Trinajstić information content (AvgIpc) is 2.14. The molecule has 82 valence electrons. The molecular weight excluding hydrogens is 182 g/mol. The lowest BCUT2D eigenvalue weighted by atomic mass is 9.99. The van der Waals surface area contributed by atoms with Crippen molar-refractivity contribution in [2.75, 3.05) is 0 Å². The molecule has 0 radical (unpaired) electrons. The first-order chi connectivity index (χ1) is 6.40. The highest BCUT2D eigenvalue weighted by atomic mass is 16.2. The van der Waals surface area contributed by atoms with E-state index in [0.717, 1.165) is 6.42 Å². The van der Waals surface area contributed by atoms with Gasteiger partial charge in [0.2, 0.25) is 5.91 Å². The highest BCUT2D eigenvalue weighted by molar-refractivity contribution is 5.88. The molecule has 0 saturated carbocycles. The third-order valence-corrected chi connectivity index (χ3v) is 2.45. The summed E-state index contributed by atoms with van der Waals surface area (Å²) in [5.41, 5.74) is 8.78. The van der Waals surface area contributed by atoms with Gasteiger partial charge >= 0.3 is 0 Å². The number of nitrogens with two attached hydrogens (primary N) is 1. The number of nitrogens with one attached hydrogen (secondary N) is 1. The molecule has 0 fully saturated rings. The van der Waals surface area contributed by atoms with Gasteiger partial charge in [0.15, 0.2) is 6.04 Å². The van der Waals surface area contributed by atoms with Crippen molar-refractivity contribution in [2.24, 2.45) is 11.7 Å². The van der Waals surface area contributed by atoms with Crippen LogP contribution in [-0.4, -0.2) is 23.9 Å². The summed E-state index contributed by atoms with van der Waals surface area (Å²) in [6, 6.07) is -0.961. The molecule has 0 unspecified atom stereocenters. The van der Waals surface area contributed by atoms with E-state index in [-0.39, 0.29) is 17.9 Å². The van der Waals surface area contributed by atoms with Crippen LogP contribution < -0.4 is 16.8 Å². The van der Waals surface area contributed by atoms with Crippen molar-refractivity contribution in [3.05, 3.63) is 0 Å². The van der Waals surface area contributed by atoms with E-state index in [2.05, 4.69) is 11.1 Å². The van der Waals surface area contributed by atoms with Gasteiger partial charge in [-0.3, -0.25) is 9.59 Å². The van der Waals surface area contributed by atoms with Crippen LogP contribution in [0.4, 0.5) is 0 Å². The van der Waals surface area contributed by atoms with Gasteiger partial charge < -0.3 is 16.8 Å². The van der Waals surface area contributed by atoms with Gasteiger partial charge in [0.1, 0.15) is 6.04 Å². The fourth-order valence-electron chi connectivity index (χ4n) is 0.934. The molecule has 0 aromatic rings. The second-order valence-electron chi connectivity index (χ2n) is 3.62. The van der Waals surface area contributed by atoms with E-state index >= 15 is 0 Å². The Hall–Kier alpha value is -1.10. The molecule has 0 aliphatic rings. The highest BCUT2D eigenvalue weighted by Gasteiger charge is 2.25. The maximum atomic E-state index is 11.5. The zero-order valence-electron chi connectivity index (χ0n) is 9.04. The number of amides is 2. The molecule has 6 N–H and O–H groups in total. The predicted molar refractivity (Wildman–Crippen MR) is 52.9 cm³/mol. The third-order valence-electron chi connectivity index (χ3n) is 2.45. The van der Waals surface area contributed by atoms with E-state index in [9.17, 15) is 9.59 Å². The molecule has 14 heavy (non-hydrogen) atoms. The van der Waals surface area contributed by atoms with Crippen molar-refractivity contribution in [2.45, 2.75) is 39.3 Å². The zero-order chi connectivity index (χ0) is 11.3. The molecule has 0 aliphatic heterocycles. The molecule has 2 amide bonds. The van der Waals surface area contributed by atoms with Crippen LogP contribution in [0.2, 0.25) is 0 Å². The Labute approximate surface area is 84.2 Å². The maximum Gasteiger partial charge on any atom is 0.279 e. The van der Waals surface area contributed by atoms with E-state index in [4.69, 9.17) is 5.73 Å². The second kappa shape index (κ2) is 5.59. The van der Waals surface area contributed by atoms with E-state index in [1.54, 1.807) is 6.92 Å². The SMILES string of the molecule is CC[C@@H](C)[C@H]([NH3+])C(=O)N[C@@H](C)C(N)=O. The Kier molecular flexibility index (Phi) is 5.15. The lowest BCUT2D eigenvalue weighted by molar-refractivity contribution is -0.415. The molecule has 0 spiro atoms. The van der Waals surface area contributed by atoms with E-state index < -0.39 is 11.9 Å². The Morgan fingerprint density at radius 3 is 2.29 bits per heavy atom. The topological polar surface area (TPSA) is 99.8 Å². The monoisotopic (exact) mass is 202 g/mol. The molecule has 0 aromatic heterocycles. The zero-order valence-corrected chi connectivity index (χ0v) is 9.04. The summed E-state index contributed by atoms with van der Waals surface area (Å²) in [4.78, 5) is 22.2. The van der Waals surface area contributed by atoms with Gasteiger partial charge in [0.05, 0.1) is 0 Å². The predicted octanol–water partition coefficient (Wildman–Crippen LogP) is -1.37. The van der Waals surface area contributed by atoms with Crippen LogP contribution in [0.3, 0.4) is 0 Å². The molecule has 0 saturated heterocycles. The third kappa shape index (κ3) is 3.74. The van der Waals surface area contributed by atoms with Crippen LogP contribution >= 0.6 is 0 Å². The summed E-state index contributed by atoms with van der Waals surface area (Å²) in [5, 5.41) is 2.52. The Bertz CT molecular complexity index is 218. The number of rotatable bonds is 5. The number of carbonyl (C=O) groups is 2. The second-order valence-corrected chi connectivity index (χ2v) is 3.62. The van der Waals surface area contributed by atoms with Crippen LogP contribution in [0.5, 0.6) is 0 Å². The van der Waals surface area contributed by atoms with Gasteiger partial charge in [-0.2, -0.15) is 0 Å². The quantitative estimate of drug-likeness (QED) is 0.512. The summed E-state index contributed by atoms with van der Waals surface area (Å²) in [6.45, 7) is 5.50. The first-order valence-corrected chi connectivity index (χ1v) is 4.82. The van der Waals surface area contributed by atoms with Crippen LogP contribution in [0.25, 0.3) is 0 Å². The van der Waals surface area contributed by atoms with E-state index in [0.29, 0.717) is 0 Å². The van der Waals surface area contributed by atoms with Crippen molar-refractivity contribution in [1.29, 1.82) is 0 Å². The summed E-state index contributed by atoms with van der Waals surface area (Å²) < 4.78 is 0. The lowest BCUT2D eigenvalue weighted by Crippen LogP contribution is -2.71. The molecule has 5 nitrogen and oxygen atoms in total. The molecule has 0 rings (SSSR count). The molecular formula is C9H20N3O2+. The van der Waals surface area contributed by atoms with Gasteiger partial charge in [0, 0.05) is 5.92 Å². The van der Waals surface area contributed by atoms with Gasteiger partial charge in [0.25, 0.3) is 5.91 Å². The largest absolute Gasteiger partial charge is 0.368 e. The minimum absolute atomic E-state index is 0.204. The number of hydrogen-bond acceptors (Lipinski definition) is 2. The fourth-order valence-corrected chi connectivity index (χ4v) is 0.934. The van der Waals surface area contributed by atoms with Crippen molar-refractivity contribution in [3.63, 3.8) is 0 Å². The summed E-state index contributed by atoms with van der Waals surface area (Å²) in [5.74, 6) is -0.546. The number of quaternary nitrogens is 1. The van der Waals surface area contributed by atoms with Crippen molar-refractivity contribution in [1.82, 2.24) is 5.32 Å². The van der Waals surface area contributed by atoms with Gasteiger partial charge in [-0.1, -0.05) is 13.8 Å². The molecule has 0 aromatic carbocycles. The minimum Gasteiger partial charge on any atom is -0.368 e. The van der Waals surface area contributed by atoms with E-state index in [1.807, 2.05) is 13.8 Å². The molecule has 0 aliphatic carbocycles. The van der Waals surface area contributed by atoms with Crippen molar-refractivity contribution in [3.8, 4) is 0 Å². The first-order valence-electron chi connectivity index (χ1n) is 4.82. The maximum absolute atomic E-state index is 11.5. The highest BCUT2D eigenvalue weighted by Crippen LogP contribution is 2.03. The molecule has 3 atom stereocenters. The number of hydrogen-bond donors (Lipinski definition) is 3.